The SMILES string of the molecule is CCNCCNc1cc(Cl)ccc1CNc1cccc2c1cnn2S(=O)(=O)Nc1nccs1. The minimum atomic E-state index is -3.93. The van der Waals surface area contributed by atoms with Gasteiger partial charge in [-0.1, -0.05) is 30.7 Å². The molecule has 0 spiro atoms. The molecule has 4 rings (SSSR count). The van der Waals surface area contributed by atoms with Crippen LogP contribution < -0.4 is 20.7 Å². The first-order valence-corrected chi connectivity index (χ1v) is 13.0. The molecule has 0 aliphatic heterocycles. The average Bonchev–Trinajstić information content (AvgIpc) is 3.46. The van der Waals surface area contributed by atoms with Gasteiger partial charge in [0.05, 0.1) is 11.7 Å². The van der Waals surface area contributed by atoms with Crippen molar-refractivity contribution in [2.45, 2.75) is 13.5 Å². The molecule has 4 N–H and O–H groups in total. The third-order valence-corrected chi connectivity index (χ3v) is 7.12. The molecule has 2 heterocycles. The molecule has 0 unspecified atom stereocenters. The number of nitrogens with zero attached hydrogens (tertiary/aromatic N) is 3. The molecule has 0 bridgehead atoms. The van der Waals surface area contributed by atoms with E-state index in [1.807, 2.05) is 24.3 Å². The lowest BCUT2D eigenvalue weighted by molar-refractivity contribution is 0.588. The Kier molecular flexibility index (Phi) is 7.33. The summed E-state index contributed by atoms with van der Waals surface area (Å²) in [5.74, 6) is 0. The highest BCUT2D eigenvalue weighted by atomic mass is 35.5. The molecule has 0 atom stereocenters. The van der Waals surface area contributed by atoms with Crippen molar-refractivity contribution < 1.29 is 8.42 Å². The Labute approximate surface area is 201 Å². The number of nitrogens with one attached hydrogen (secondary N) is 4. The third-order valence-electron chi connectivity index (χ3n) is 4.87. The average molecular weight is 506 g/mol. The summed E-state index contributed by atoms with van der Waals surface area (Å²) in [4.78, 5) is 3.97. The van der Waals surface area contributed by atoms with Gasteiger partial charge in [0.25, 0.3) is 0 Å². The van der Waals surface area contributed by atoms with Crippen LogP contribution in [0.5, 0.6) is 0 Å². The highest BCUT2D eigenvalue weighted by Crippen LogP contribution is 2.27. The molecule has 0 aliphatic carbocycles. The van der Waals surface area contributed by atoms with Crippen LogP contribution in [0.1, 0.15) is 12.5 Å². The van der Waals surface area contributed by atoms with Crippen molar-refractivity contribution >= 4 is 60.6 Å². The first-order valence-electron chi connectivity index (χ1n) is 10.3. The van der Waals surface area contributed by atoms with Crippen LogP contribution in [0.15, 0.2) is 54.2 Å². The van der Waals surface area contributed by atoms with Gasteiger partial charge >= 0.3 is 10.2 Å². The second-order valence-electron chi connectivity index (χ2n) is 7.11. The number of hydrogen-bond donors (Lipinski definition) is 4. The van der Waals surface area contributed by atoms with E-state index in [1.165, 1.54) is 23.7 Å². The van der Waals surface area contributed by atoms with Crippen LogP contribution in [-0.4, -0.2) is 42.2 Å². The monoisotopic (exact) mass is 505 g/mol. The number of rotatable bonds is 11. The van der Waals surface area contributed by atoms with Gasteiger partial charge in [-0.15, -0.1) is 15.4 Å². The second kappa shape index (κ2) is 10.4. The summed E-state index contributed by atoms with van der Waals surface area (Å²) >= 11 is 7.39. The lowest BCUT2D eigenvalue weighted by Gasteiger charge is -2.15. The van der Waals surface area contributed by atoms with Crippen molar-refractivity contribution in [2.24, 2.45) is 0 Å². The molecule has 0 fully saturated rings. The number of aromatic nitrogens is 3. The Morgan fingerprint density at radius 3 is 2.79 bits per heavy atom. The van der Waals surface area contributed by atoms with Gasteiger partial charge in [0, 0.05) is 53.0 Å². The van der Waals surface area contributed by atoms with Crippen molar-refractivity contribution in [1.82, 2.24) is 19.5 Å². The Bertz CT molecular complexity index is 1320. The summed E-state index contributed by atoms with van der Waals surface area (Å²) in [7, 11) is -3.93. The molecule has 2 aromatic heterocycles. The van der Waals surface area contributed by atoms with Crippen LogP contribution in [0.2, 0.25) is 5.02 Å². The van der Waals surface area contributed by atoms with Crippen molar-refractivity contribution in [3.63, 3.8) is 0 Å². The summed E-state index contributed by atoms with van der Waals surface area (Å²) in [5, 5.41) is 17.5. The van der Waals surface area contributed by atoms with Crippen molar-refractivity contribution in [1.29, 1.82) is 0 Å². The Balaban J connectivity index is 1.54. The van der Waals surface area contributed by atoms with Crippen LogP contribution in [0.25, 0.3) is 10.9 Å². The Hall–Kier alpha value is -2.86. The van der Waals surface area contributed by atoms with Gasteiger partial charge < -0.3 is 16.0 Å². The van der Waals surface area contributed by atoms with E-state index in [4.69, 9.17) is 11.6 Å². The maximum absolute atomic E-state index is 12.8. The third kappa shape index (κ3) is 5.56. The molecule has 4 aromatic rings. The van der Waals surface area contributed by atoms with E-state index in [0.717, 1.165) is 40.7 Å². The van der Waals surface area contributed by atoms with Crippen LogP contribution in [0.4, 0.5) is 16.5 Å². The first kappa shape index (κ1) is 23.3. The molecule has 0 aliphatic rings. The summed E-state index contributed by atoms with van der Waals surface area (Å²) in [6.07, 6.45) is 3.07. The zero-order valence-electron chi connectivity index (χ0n) is 17.9. The van der Waals surface area contributed by atoms with E-state index >= 15 is 0 Å². The molecule has 0 saturated carbocycles. The number of hydrogen-bond acceptors (Lipinski definition) is 8. The van der Waals surface area contributed by atoms with Crippen molar-refractivity contribution in [3.05, 3.63) is 64.8 Å². The zero-order valence-corrected chi connectivity index (χ0v) is 20.3. The van der Waals surface area contributed by atoms with Crippen LogP contribution >= 0.6 is 22.9 Å². The molecule has 2 aromatic carbocycles. The number of anilines is 3. The summed E-state index contributed by atoms with van der Waals surface area (Å²) < 4.78 is 29.0. The molecule has 174 valence electrons. The van der Waals surface area contributed by atoms with Gasteiger partial charge in [0.2, 0.25) is 0 Å². The fourth-order valence-electron chi connectivity index (χ4n) is 3.32. The van der Waals surface area contributed by atoms with Gasteiger partial charge in [-0.2, -0.15) is 13.5 Å². The van der Waals surface area contributed by atoms with E-state index in [-0.39, 0.29) is 5.13 Å². The van der Waals surface area contributed by atoms with E-state index in [0.29, 0.717) is 22.5 Å². The molecule has 0 radical (unpaired) electrons. The lowest BCUT2D eigenvalue weighted by atomic mass is 10.1. The van der Waals surface area contributed by atoms with Gasteiger partial charge in [0.1, 0.15) is 0 Å². The fourth-order valence-corrected chi connectivity index (χ4v) is 5.32. The van der Waals surface area contributed by atoms with Crippen LogP contribution in [-0.2, 0) is 16.8 Å². The minimum Gasteiger partial charge on any atom is -0.383 e. The topological polar surface area (TPSA) is 113 Å². The molecule has 12 heteroatoms. The number of fused-ring (bicyclic) bond motifs is 1. The predicted molar refractivity (Wildman–Crippen MR) is 136 cm³/mol. The second-order valence-corrected chi connectivity index (χ2v) is 9.94. The van der Waals surface area contributed by atoms with Gasteiger partial charge in [-0.3, -0.25) is 0 Å². The molecule has 0 amide bonds. The zero-order chi connectivity index (χ0) is 23.3. The standard InChI is InChI=1S/C21H24ClN7O2S2/c1-2-23-8-9-24-19-12-16(22)7-6-15(19)13-26-18-4-3-5-20-17(18)14-27-29(20)33(30,31)28-21-25-10-11-32-21/h3-7,10-12,14,23-24,26H,2,8-9,13H2,1H3,(H,25,28). The number of thiazole rings is 1. The van der Waals surface area contributed by atoms with Gasteiger partial charge in [-0.25, -0.2) is 9.71 Å². The number of halogens is 1. The lowest BCUT2D eigenvalue weighted by Crippen LogP contribution is -2.22. The van der Waals surface area contributed by atoms with Gasteiger partial charge in [0.15, 0.2) is 5.13 Å². The largest absolute Gasteiger partial charge is 0.383 e. The van der Waals surface area contributed by atoms with Crippen molar-refractivity contribution in [2.75, 3.05) is 35.0 Å². The highest BCUT2D eigenvalue weighted by molar-refractivity contribution is 7.91. The molecule has 0 saturated heterocycles. The molecule has 33 heavy (non-hydrogen) atoms. The number of benzene rings is 2. The van der Waals surface area contributed by atoms with Crippen molar-refractivity contribution in [3.8, 4) is 0 Å². The summed E-state index contributed by atoms with van der Waals surface area (Å²) in [6.45, 7) is 5.12. The van der Waals surface area contributed by atoms with E-state index < -0.39 is 10.2 Å². The highest BCUT2D eigenvalue weighted by Gasteiger charge is 2.19. The Morgan fingerprint density at radius 2 is 2.00 bits per heavy atom. The minimum absolute atomic E-state index is 0.282. The smallest absolute Gasteiger partial charge is 0.345 e. The first-order chi connectivity index (χ1) is 16.0. The Morgan fingerprint density at radius 1 is 1.12 bits per heavy atom. The molecular formula is C21H24ClN7O2S2. The maximum Gasteiger partial charge on any atom is 0.345 e. The van der Waals surface area contributed by atoms with Crippen LogP contribution in [0, 0.1) is 0 Å². The molecular weight excluding hydrogens is 482 g/mol. The van der Waals surface area contributed by atoms with E-state index in [1.54, 1.807) is 17.5 Å². The summed E-state index contributed by atoms with van der Waals surface area (Å²) in [6, 6.07) is 11.1. The van der Waals surface area contributed by atoms with E-state index in [9.17, 15) is 8.42 Å². The fraction of sp³-hybridized carbons (Fsp3) is 0.238. The quantitative estimate of drug-likeness (QED) is 0.228. The summed E-state index contributed by atoms with van der Waals surface area (Å²) in [5.41, 5.74) is 3.23. The van der Waals surface area contributed by atoms with E-state index in [2.05, 4.69) is 37.7 Å². The normalized spacial score (nSPS) is 11.6. The maximum atomic E-state index is 12.8. The predicted octanol–water partition coefficient (Wildman–Crippen LogP) is 3.98. The van der Waals surface area contributed by atoms with Crippen LogP contribution in [0.3, 0.4) is 0 Å². The van der Waals surface area contributed by atoms with Gasteiger partial charge in [-0.05, 0) is 36.4 Å². The molecule has 9 nitrogen and oxygen atoms in total. The number of likely N-dealkylation sites (N-methyl/N-ethyl adjacent to an activating group) is 1.